The number of nitrogens with two attached hydrogens (primary N) is 1. The third-order valence-electron chi connectivity index (χ3n) is 3.06. The van der Waals surface area contributed by atoms with Crippen LogP contribution < -0.4 is 11.3 Å². The maximum absolute atomic E-state index is 14.0. The second-order valence-electron chi connectivity index (χ2n) is 4.22. The Morgan fingerprint density at radius 1 is 1.16 bits per heavy atom. The molecule has 5 heteroatoms. The molecule has 0 saturated heterocycles. The highest BCUT2D eigenvalue weighted by molar-refractivity contribution is 6.31. The molecule has 0 fully saturated rings. The minimum atomic E-state index is -0.476. The summed E-state index contributed by atoms with van der Waals surface area (Å²) in [5.41, 5.74) is 4.74. The fraction of sp³-hybridized carbons (Fsp3) is 0.143. The van der Waals surface area contributed by atoms with E-state index in [-0.39, 0.29) is 0 Å². The van der Waals surface area contributed by atoms with Crippen LogP contribution in [0.1, 0.15) is 22.7 Å². The molecule has 2 nitrogen and oxygen atoms in total. The number of halogens is 3. The average molecular weight is 299 g/mol. The summed E-state index contributed by atoms with van der Waals surface area (Å²) in [7, 11) is 0. The van der Waals surface area contributed by atoms with E-state index in [2.05, 4.69) is 5.43 Å². The van der Waals surface area contributed by atoms with Crippen LogP contribution in [0.3, 0.4) is 0 Å². The summed E-state index contributed by atoms with van der Waals surface area (Å²) in [4.78, 5) is 0. The number of hydrogen-bond donors (Lipinski definition) is 2. The van der Waals surface area contributed by atoms with E-state index in [0.717, 1.165) is 11.1 Å². The second kappa shape index (κ2) is 5.88. The maximum atomic E-state index is 14.0. The van der Waals surface area contributed by atoms with E-state index in [9.17, 15) is 4.39 Å². The molecule has 0 aliphatic heterocycles. The van der Waals surface area contributed by atoms with Gasteiger partial charge in [0.15, 0.2) is 0 Å². The average Bonchev–Trinajstić information content (AvgIpc) is 2.37. The van der Waals surface area contributed by atoms with E-state index in [4.69, 9.17) is 29.0 Å². The Morgan fingerprint density at radius 2 is 1.89 bits per heavy atom. The van der Waals surface area contributed by atoms with Crippen molar-refractivity contribution in [3.8, 4) is 0 Å². The van der Waals surface area contributed by atoms with Gasteiger partial charge in [-0.25, -0.2) is 9.82 Å². The Hall–Kier alpha value is -1.13. The predicted molar refractivity (Wildman–Crippen MR) is 76.8 cm³/mol. The molecular formula is C14H13Cl2FN2. The number of hydrogen-bond acceptors (Lipinski definition) is 2. The Balaban J connectivity index is 2.53. The van der Waals surface area contributed by atoms with Gasteiger partial charge in [0.1, 0.15) is 5.82 Å². The normalized spacial score (nSPS) is 12.5. The molecule has 0 spiro atoms. The molecule has 3 N–H and O–H groups in total. The van der Waals surface area contributed by atoms with Crippen LogP contribution in [0.2, 0.25) is 10.0 Å². The van der Waals surface area contributed by atoms with Gasteiger partial charge in [-0.05, 0) is 36.2 Å². The zero-order chi connectivity index (χ0) is 14.0. The zero-order valence-electron chi connectivity index (χ0n) is 10.3. The number of hydrazine groups is 1. The molecule has 0 bridgehead atoms. The van der Waals surface area contributed by atoms with Crippen molar-refractivity contribution < 1.29 is 4.39 Å². The maximum Gasteiger partial charge on any atom is 0.129 e. The summed E-state index contributed by atoms with van der Waals surface area (Å²) in [5, 5.41) is 0.965. The molecule has 0 aliphatic carbocycles. The lowest BCUT2D eigenvalue weighted by molar-refractivity contribution is 0.559. The molecule has 2 aromatic carbocycles. The quantitative estimate of drug-likeness (QED) is 0.664. The first kappa shape index (κ1) is 14.3. The van der Waals surface area contributed by atoms with Crippen molar-refractivity contribution in [1.29, 1.82) is 0 Å². The Labute approximate surface area is 121 Å². The smallest absolute Gasteiger partial charge is 0.129 e. The first-order chi connectivity index (χ1) is 9.04. The summed E-state index contributed by atoms with van der Waals surface area (Å²) in [6.07, 6.45) is 0. The zero-order valence-corrected chi connectivity index (χ0v) is 11.8. The third-order valence-corrected chi connectivity index (χ3v) is 3.71. The van der Waals surface area contributed by atoms with Crippen LogP contribution in [0.5, 0.6) is 0 Å². The molecule has 100 valence electrons. The van der Waals surface area contributed by atoms with Crippen molar-refractivity contribution in [3.05, 3.63) is 69.0 Å². The second-order valence-corrected chi connectivity index (χ2v) is 5.06. The summed E-state index contributed by atoms with van der Waals surface area (Å²) in [6, 6.07) is 9.48. The first-order valence-corrected chi connectivity index (χ1v) is 6.46. The fourth-order valence-electron chi connectivity index (χ4n) is 2.02. The van der Waals surface area contributed by atoms with E-state index >= 15 is 0 Å². The van der Waals surface area contributed by atoms with Crippen molar-refractivity contribution in [2.75, 3.05) is 0 Å². The van der Waals surface area contributed by atoms with E-state index in [0.29, 0.717) is 15.6 Å². The summed E-state index contributed by atoms with van der Waals surface area (Å²) >= 11 is 11.8. The Bertz CT molecular complexity index is 602. The minimum Gasteiger partial charge on any atom is -0.271 e. The predicted octanol–water partition coefficient (Wildman–Crippen LogP) is 3.99. The number of rotatable bonds is 3. The van der Waals surface area contributed by atoms with Gasteiger partial charge in [0.2, 0.25) is 0 Å². The van der Waals surface area contributed by atoms with Crippen LogP contribution >= 0.6 is 23.2 Å². The highest BCUT2D eigenvalue weighted by Crippen LogP contribution is 2.30. The van der Waals surface area contributed by atoms with E-state index < -0.39 is 11.9 Å². The molecule has 0 aromatic heterocycles. The fourth-order valence-corrected chi connectivity index (χ4v) is 2.36. The van der Waals surface area contributed by atoms with Crippen LogP contribution in [-0.4, -0.2) is 0 Å². The van der Waals surface area contributed by atoms with Gasteiger partial charge >= 0.3 is 0 Å². The van der Waals surface area contributed by atoms with E-state index in [1.165, 1.54) is 6.07 Å². The lowest BCUT2D eigenvalue weighted by atomic mass is 9.95. The number of nitrogens with one attached hydrogen (secondary N) is 1. The van der Waals surface area contributed by atoms with Crippen molar-refractivity contribution in [3.63, 3.8) is 0 Å². The van der Waals surface area contributed by atoms with Gasteiger partial charge in [-0.2, -0.15) is 0 Å². The molecule has 0 aliphatic rings. The van der Waals surface area contributed by atoms with Gasteiger partial charge in [0.25, 0.3) is 0 Å². The van der Waals surface area contributed by atoms with E-state index in [1.807, 2.05) is 19.1 Å². The first-order valence-electron chi connectivity index (χ1n) is 5.70. The molecule has 19 heavy (non-hydrogen) atoms. The highest BCUT2D eigenvalue weighted by Gasteiger charge is 2.19. The van der Waals surface area contributed by atoms with Crippen molar-refractivity contribution >= 4 is 23.2 Å². The van der Waals surface area contributed by atoms with Gasteiger partial charge in [-0.3, -0.25) is 5.84 Å². The van der Waals surface area contributed by atoms with Gasteiger partial charge in [-0.15, -0.1) is 0 Å². The SMILES string of the molecule is Cc1c(Cl)cccc1C(NN)c1ccc(Cl)cc1F. The van der Waals surface area contributed by atoms with Gasteiger partial charge in [0.05, 0.1) is 6.04 Å². The molecule has 0 heterocycles. The minimum absolute atomic E-state index is 0.347. The van der Waals surface area contributed by atoms with E-state index in [1.54, 1.807) is 18.2 Å². The van der Waals surface area contributed by atoms with Crippen LogP contribution in [0.4, 0.5) is 4.39 Å². The van der Waals surface area contributed by atoms with Crippen LogP contribution in [0.25, 0.3) is 0 Å². The topological polar surface area (TPSA) is 38.0 Å². The molecule has 2 aromatic rings. The summed E-state index contributed by atoms with van der Waals surface area (Å²) in [5.74, 6) is 5.16. The summed E-state index contributed by atoms with van der Waals surface area (Å²) in [6.45, 7) is 1.87. The lowest BCUT2D eigenvalue weighted by Crippen LogP contribution is -2.30. The number of benzene rings is 2. The Morgan fingerprint density at radius 3 is 2.53 bits per heavy atom. The van der Waals surface area contributed by atoms with Gasteiger partial charge in [-0.1, -0.05) is 41.4 Å². The monoisotopic (exact) mass is 298 g/mol. The van der Waals surface area contributed by atoms with Crippen LogP contribution in [0, 0.1) is 12.7 Å². The third kappa shape index (κ3) is 2.90. The molecule has 1 atom stereocenters. The van der Waals surface area contributed by atoms with Crippen molar-refractivity contribution in [1.82, 2.24) is 5.43 Å². The molecule has 2 rings (SSSR count). The molecule has 0 radical (unpaired) electrons. The lowest BCUT2D eigenvalue weighted by Gasteiger charge is -2.20. The van der Waals surface area contributed by atoms with Crippen LogP contribution in [-0.2, 0) is 0 Å². The molecule has 0 saturated carbocycles. The highest BCUT2D eigenvalue weighted by atomic mass is 35.5. The summed E-state index contributed by atoms with van der Waals surface area (Å²) < 4.78 is 14.0. The molecular weight excluding hydrogens is 286 g/mol. The van der Waals surface area contributed by atoms with Gasteiger partial charge < -0.3 is 0 Å². The largest absolute Gasteiger partial charge is 0.271 e. The van der Waals surface area contributed by atoms with Crippen molar-refractivity contribution in [2.45, 2.75) is 13.0 Å². The molecule has 1 unspecified atom stereocenters. The van der Waals surface area contributed by atoms with Crippen molar-refractivity contribution in [2.24, 2.45) is 5.84 Å². The van der Waals surface area contributed by atoms with Gasteiger partial charge in [0, 0.05) is 15.6 Å². The van der Waals surface area contributed by atoms with Crippen LogP contribution in [0.15, 0.2) is 36.4 Å². The standard InChI is InChI=1S/C14H13Cl2FN2/c1-8-10(3-2-4-12(8)16)14(19-18)11-6-5-9(15)7-13(11)17/h2-7,14,19H,18H2,1H3. The Kier molecular flexibility index (Phi) is 4.42. The molecule has 0 amide bonds.